The summed E-state index contributed by atoms with van der Waals surface area (Å²) in [5.41, 5.74) is 4.85. The number of carbonyl (C=O) groups excluding carboxylic acids is 1. The van der Waals surface area contributed by atoms with Gasteiger partial charge in [0.15, 0.2) is 12.0 Å². The van der Waals surface area contributed by atoms with E-state index >= 15 is 0 Å². The van der Waals surface area contributed by atoms with Gasteiger partial charge in [-0.1, -0.05) is 24.3 Å². The summed E-state index contributed by atoms with van der Waals surface area (Å²) in [6.07, 6.45) is 6.19. The van der Waals surface area contributed by atoms with E-state index in [9.17, 15) is 4.79 Å². The molecule has 0 amide bonds. The van der Waals surface area contributed by atoms with E-state index < -0.39 is 0 Å². The number of nitrogens with zero attached hydrogens (tertiary/aromatic N) is 3. The molecule has 7 heteroatoms. The van der Waals surface area contributed by atoms with Crippen LogP contribution in [0, 0.1) is 11.5 Å². The maximum atomic E-state index is 13.4. The van der Waals surface area contributed by atoms with Gasteiger partial charge in [0.25, 0.3) is 0 Å². The molecular formula is C26H30N6O. The smallest absolute Gasteiger partial charge is 0.176 e. The van der Waals surface area contributed by atoms with Crippen LogP contribution in [-0.2, 0) is 11.2 Å². The number of aromatic nitrogens is 1. The van der Waals surface area contributed by atoms with Gasteiger partial charge in [-0.25, -0.2) is 0 Å². The lowest BCUT2D eigenvalue weighted by molar-refractivity contribution is -0.125. The highest BCUT2D eigenvalue weighted by atomic mass is 16.1. The van der Waals surface area contributed by atoms with Crippen LogP contribution in [0.15, 0.2) is 54.7 Å². The van der Waals surface area contributed by atoms with E-state index in [1.807, 2.05) is 18.5 Å². The zero-order chi connectivity index (χ0) is 22.6. The molecule has 1 aromatic heterocycles. The lowest BCUT2D eigenvalue weighted by Gasteiger charge is -2.44. The number of anilines is 2. The van der Waals surface area contributed by atoms with Gasteiger partial charge in [0.05, 0.1) is 6.04 Å². The summed E-state index contributed by atoms with van der Waals surface area (Å²) in [7, 11) is 0. The van der Waals surface area contributed by atoms with Crippen LogP contribution in [0.25, 0.3) is 10.9 Å². The maximum absolute atomic E-state index is 13.4. The van der Waals surface area contributed by atoms with E-state index in [1.54, 1.807) is 0 Å². The number of piperazine rings is 1. The lowest BCUT2D eigenvalue weighted by atomic mass is 9.89. The van der Waals surface area contributed by atoms with Crippen LogP contribution in [0.3, 0.4) is 0 Å². The molecule has 3 aromatic rings. The van der Waals surface area contributed by atoms with Gasteiger partial charge in [0, 0.05) is 73.7 Å². The molecule has 2 aromatic carbocycles. The second-order valence-electron chi connectivity index (χ2n) is 8.89. The number of Topliss-reactive ketones (excluding diaryl/α,β-unsaturated/α-hetero) is 1. The minimum atomic E-state index is -0.191. The molecule has 0 radical (unpaired) electrons. The molecular weight excluding hydrogens is 412 g/mol. The Balaban J connectivity index is 1.32. The van der Waals surface area contributed by atoms with Crippen LogP contribution in [0.2, 0.25) is 0 Å². The summed E-state index contributed by atoms with van der Waals surface area (Å²) in [6.45, 7) is 3.83. The van der Waals surface area contributed by atoms with Gasteiger partial charge in [-0.05, 0) is 42.7 Å². The second-order valence-corrected chi connectivity index (χ2v) is 8.89. The third kappa shape index (κ3) is 4.39. The van der Waals surface area contributed by atoms with Gasteiger partial charge >= 0.3 is 0 Å². The number of nitriles is 1. The van der Waals surface area contributed by atoms with E-state index in [0.29, 0.717) is 13.0 Å². The average Bonchev–Trinajstić information content (AvgIpc) is 3.34. The Hall–Kier alpha value is -3.50. The van der Waals surface area contributed by atoms with E-state index in [1.165, 1.54) is 16.6 Å². The van der Waals surface area contributed by atoms with E-state index in [4.69, 9.17) is 5.26 Å². The number of H-pyrrole nitrogens is 1. The molecule has 33 heavy (non-hydrogen) atoms. The molecule has 1 fully saturated rings. The first-order valence-electron chi connectivity index (χ1n) is 11.8. The Labute approximate surface area is 194 Å². The minimum absolute atomic E-state index is 0.0779. The molecule has 2 aliphatic rings. The van der Waals surface area contributed by atoms with Crippen LogP contribution in [0.4, 0.5) is 11.4 Å². The maximum Gasteiger partial charge on any atom is 0.176 e. The summed E-state index contributed by atoms with van der Waals surface area (Å²) in [4.78, 5) is 21.4. The van der Waals surface area contributed by atoms with E-state index in [2.05, 4.69) is 67.9 Å². The van der Waals surface area contributed by atoms with Crippen molar-refractivity contribution in [3.05, 3.63) is 60.3 Å². The number of aromatic amines is 1. The molecule has 7 nitrogen and oxygen atoms in total. The summed E-state index contributed by atoms with van der Waals surface area (Å²) in [5, 5.41) is 16.4. The van der Waals surface area contributed by atoms with Gasteiger partial charge in [0.2, 0.25) is 0 Å². The molecule has 170 valence electrons. The molecule has 3 heterocycles. The van der Waals surface area contributed by atoms with Crippen LogP contribution < -0.4 is 15.5 Å². The highest BCUT2D eigenvalue weighted by Crippen LogP contribution is 2.30. The van der Waals surface area contributed by atoms with Crippen LogP contribution in [0.1, 0.15) is 18.4 Å². The molecule has 0 bridgehead atoms. The number of hydrogen-bond donors (Lipinski definition) is 3. The standard InChI is InChI=1S/C26H30N6O/c27-18-28-12-11-25(33)26(23-9-8-19-4-1-2-5-21(19)30-23)32-16-14-31(15-17-32)24-7-3-6-22-20(24)10-13-29-22/h1-7,10,13,23,26,28-30H,8-9,11-12,14-17H2. The van der Waals surface area contributed by atoms with E-state index in [-0.39, 0.29) is 17.9 Å². The van der Waals surface area contributed by atoms with Crippen molar-refractivity contribution in [1.29, 1.82) is 5.26 Å². The fourth-order valence-electron chi connectivity index (χ4n) is 5.36. The second kappa shape index (κ2) is 9.55. The fraction of sp³-hybridized carbons (Fsp3) is 0.385. The minimum Gasteiger partial charge on any atom is -0.380 e. The predicted molar refractivity (Wildman–Crippen MR) is 131 cm³/mol. The molecule has 3 N–H and O–H groups in total. The Morgan fingerprint density at radius 1 is 1.12 bits per heavy atom. The van der Waals surface area contributed by atoms with Gasteiger partial charge in [-0.3, -0.25) is 9.69 Å². The molecule has 2 aliphatic heterocycles. The average molecular weight is 443 g/mol. The van der Waals surface area contributed by atoms with Crippen molar-refractivity contribution in [2.24, 2.45) is 0 Å². The number of para-hydroxylation sites is 1. The Morgan fingerprint density at radius 2 is 1.97 bits per heavy atom. The number of hydrogen-bond acceptors (Lipinski definition) is 6. The number of carbonyl (C=O) groups is 1. The van der Waals surface area contributed by atoms with Crippen molar-refractivity contribution < 1.29 is 4.79 Å². The normalized spacial score (nSPS) is 19.4. The molecule has 2 atom stereocenters. The van der Waals surface area contributed by atoms with Crippen molar-refractivity contribution in [1.82, 2.24) is 15.2 Å². The van der Waals surface area contributed by atoms with Crippen molar-refractivity contribution in [2.75, 3.05) is 42.9 Å². The molecule has 0 aliphatic carbocycles. The lowest BCUT2D eigenvalue weighted by Crippen LogP contribution is -2.59. The van der Waals surface area contributed by atoms with Crippen LogP contribution in [-0.4, -0.2) is 60.5 Å². The van der Waals surface area contributed by atoms with Crippen LogP contribution in [0.5, 0.6) is 0 Å². The van der Waals surface area contributed by atoms with Gasteiger partial charge < -0.3 is 20.5 Å². The van der Waals surface area contributed by atoms with Crippen molar-refractivity contribution >= 4 is 28.1 Å². The zero-order valence-corrected chi connectivity index (χ0v) is 18.8. The van der Waals surface area contributed by atoms with Gasteiger partial charge in [0.1, 0.15) is 0 Å². The Kier molecular flexibility index (Phi) is 6.18. The number of nitrogens with one attached hydrogen (secondary N) is 3. The molecule has 0 spiro atoms. The number of rotatable bonds is 7. The number of fused-ring (bicyclic) bond motifs is 2. The summed E-state index contributed by atoms with van der Waals surface area (Å²) in [6, 6.07) is 16.8. The van der Waals surface area contributed by atoms with Crippen molar-refractivity contribution in [3.63, 3.8) is 0 Å². The third-order valence-electron chi connectivity index (χ3n) is 6.99. The van der Waals surface area contributed by atoms with Crippen molar-refractivity contribution in [3.8, 4) is 6.19 Å². The largest absolute Gasteiger partial charge is 0.380 e. The van der Waals surface area contributed by atoms with Gasteiger partial charge in [-0.15, -0.1) is 0 Å². The first-order chi connectivity index (χ1) is 16.2. The molecule has 2 unspecified atom stereocenters. The molecule has 0 saturated carbocycles. The zero-order valence-electron chi connectivity index (χ0n) is 18.8. The summed E-state index contributed by atoms with van der Waals surface area (Å²) >= 11 is 0. The summed E-state index contributed by atoms with van der Waals surface area (Å²) < 4.78 is 0. The van der Waals surface area contributed by atoms with E-state index in [0.717, 1.165) is 50.2 Å². The Bertz CT molecular complexity index is 1160. The van der Waals surface area contributed by atoms with Crippen molar-refractivity contribution in [2.45, 2.75) is 31.3 Å². The first kappa shape index (κ1) is 21.4. The number of benzene rings is 2. The summed E-state index contributed by atoms with van der Waals surface area (Å²) in [5.74, 6) is 0.204. The highest BCUT2D eigenvalue weighted by Gasteiger charge is 2.36. The number of aryl methyl sites for hydroxylation is 1. The van der Waals surface area contributed by atoms with Crippen LogP contribution >= 0.6 is 0 Å². The predicted octanol–water partition coefficient (Wildman–Crippen LogP) is 3.12. The monoisotopic (exact) mass is 442 g/mol. The topological polar surface area (TPSA) is 87.2 Å². The van der Waals surface area contributed by atoms with Gasteiger partial charge in [-0.2, -0.15) is 5.26 Å². The Morgan fingerprint density at radius 3 is 2.82 bits per heavy atom. The molecule has 5 rings (SSSR count). The SMILES string of the molecule is N#CNCCC(=O)C(C1CCc2ccccc2N1)N1CCN(c2cccc3[nH]ccc23)CC1. The quantitative estimate of drug-likeness (QED) is 0.296. The molecule has 1 saturated heterocycles. The third-order valence-corrected chi connectivity index (χ3v) is 6.99. The number of ketones is 1. The fourth-order valence-corrected chi connectivity index (χ4v) is 5.36. The highest BCUT2D eigenvalue weighted by molar-refractivity contribution is 5.92. The first-order valence-corrected chi connectivity index (χ1v) is 11.8.